The Labute approximate surface area is 293 Å². The van der Waals surface area contributed by atoms with Crippen molar-refractivity contribution >= 4 is 218 Å². The second-order valence-electron chi connectivity index (χ2n) is 2.63. The van der Waals surface area contributed by atoms with Gasteiger partial charge in [-0.2, -0.15) is 8.42 Å². The van der Waals surface area contributed by atoms with E-state index in [1.54, 1.807) is 30.3 Å². The van der Waals surface area contributed by atoms with Gasteiger partial charge in [0.25, 0.3) is 0 Å². The fraction of sp³-hybridized carbons (Fsp3) is 0. The van der Waals surface area contributed by atoms with Crippen LogP contribution in [0.5, 0.6) is 0 Å². The molecule has 0 aliphatic carbocycles. The van der Waals surface area contributed by atoms with E-state index in [1.807, 2.05) is 0 Å². The molecule has 17 heteroatoms. The normalized spacial score (nSPS) is 8.21. The molecular weight excluding hydrogens is 489 g/mol. The average Bonchev–Trinajstić information content (AvgIpc) is 2.13. The Bertz CT molecular complexity index is 526. The first-order valence-corrected chi connectivity index (χ1v) is 7.03. The Morgan fingerprint density at radius 1 is 0.917 bits per heavy atom. The quantitative estimate of drug-likeness (QED) is 0.123. The van der Waals surface area contributed by atoms with E-state index in [-0.39, 0.29) is 194 Å². The van der Waals surface area contributed by atoms with Gasteiger partial charge in [0.2, 0.25) is 0 Å². The molecule has 0 unspecified atom stereocenters. The molecule has 1 rings (SSSR count). The van der Waals surface area contributed by atoms with E-state index in [9.17, 15) is 4.79 Å². The fourth-order valence-electron chi connectivity index (χ4n) is 0.581. The second kappa shape index (κ2) is 26.1. The molecule has 10 nitrogen and oxygen atoms in total. The predicted octanol–water partition coefficient (Wildman–Crippen LogP) is -4.24. The van der Waals surface area contributed by atoms with Crippen LogP contribution in [0.15, 0.2) is 30.3 Å². The molecule has 0 amide bonds. The SMILES string of the molecule is O=C(O)c1ccccc1.O=P(O)(O)O.O=S(=O)(O)O.[CaH2].[CaH2].[CaH2].[KH].[NaH]. The summed E-state index contributed by atoms with van der Waals surface area (Å²) in [7, 11) is -9.31. The van der Waals surface area contributed by atoms with Crippen LogP contribution in [0, 0.1) is 0 Å². The molecule has 0 spiro atoms. The maximum atomic E-state index is 10.2. The van der Waals surface area contributed by atoms with Crippen molar-refractivity contribution in [2.24, 2.45) is 0 Å². The van der Waals surface area contributed by atoms with Crippen molar-refractivity contribution in [2.45, 2.75) is 0 Å². The van der Waals surface area contributed by atoms with E-state index in [4.69, 9.17) is 41.9 Å². The standard InChI is InChI=1S/C7H6O2.3Ca.K.Na.H3O4P.H2O4S.8H/c8-7(9)6-4-2-1-3-5-6;;;;;;2*1-5(2,3)4;;;;;;;;/h1-5H,(H,8,9);;;;;;(H3,1,2,3,4);(H2,1,2,3,4);;;;;;;;. The van der Waals surface area contributed by atoms with Gasteiger partial charge in [-0.25, -0.2) is 9.36 Å². The molecule has 1 aromatic carbocycles. The number of carbonyl (C=O) groups is 1. The molecule has 0 saturated carbocycles. The third kappa shape index (κ3) is 63.1. The number of hydrogen-bond acceptors (Lipinski definition) is 4. The summed E-state index contributed by atoms with van der Waals surface area (Å²) in [4.78, 5) is 31.8. The summed E-state index contributed by atoms with van der Waals surface area (Å²) >= 11 is 0. The number of benzene rings is 1. The van der Waals surface area contributed by atoms with Gasteiger partial charge in [-0.15, -0.1) is 0 Å². The Balaban J connectivity index is -0.0000000347. The zero-order chi connectivity index (χ0) is 15.7. The van der Waals surface area contributed by atoms with Crippen LogP contribution in [0.3, 0.4) is 0 Å². The summed E-state index contributed by atoms with van der Waals surface area (Å²) in [5.74, 6) is -0.879. The van der Waals surface area contributed by atoms with Gasteiger partial charge >= 0.3 is 218 Å². The van der Waals surface area contributed by atoms with Gasteiger partial charge in [0.05, 0.1) is 5.56 Å². The number of phosphoric acid groups is 1. The van der Waals surface area contributed by atoms with Crippen molar-refractivity contribution in [2.75, 3.05) is 0 Å². The first-order chi connectivity index (χ1) is 8.30. The molecule has 0 radical (unpaired) electrons. The van der Waals surface area contributed by atoms with Crippen molar-refractivity contribution in [1.82, 2.24) is 0 Å². The van der Waals surface area contributed by atoms with Crippen LogP contribution < -0.4 is 0 Å². The van der Waals surface area contributed by atoms with Crippen LogP contribution in [0.1, 0.15) is 10.4 Å². The summed E-state index contributed by atoms with van der Waals surface area (Å²) < 4.78 is 40.5. The molecule has 0 fully saturated rings. The van der Waals surface area contributed by atoms with Gasteiger partial charge in [0, 0.05) is 0 Å². The van der Waals surface area contributed by atoms with Crippen molar-refractivity contribution in [3.63, 3.8) is 0 Å². The third-order valence-corrected chi connectivity index (χ3v) is 1.02. The van der Waals surface area contributed by atoms with Gasteiger partial charge in [0.15, 0.2) is 0 Å². The Morgan fingerprint density at radius 2 is 1.12 bits per heavy atom. The number of carboxylic acid groups (broad SMARTS) is 1. The third-order valence-electron chi connectivity index (χ3n) is 1.02. The minimum absolute atomic E-state index is 0. The zero-order valence-corrected chi connectivity index (χ0v) is 10.8. The molecule has 0 aromatic heterocycles. The zero-order valence-electron chi connectivity index (χ0n) is 9.06. The minimum atomic E-state index is -4.67. The summed E-state index contributed by atoms with van der Waals surface area (Å²) in [6, 6.07) is 8.30. The number of rotatable bonds is 1. The molecule has 24 heavy (non-hydrogen) atoms. The fourth-order valence-corrected chi connectivity index (χ4v) is 0.581. The van der Waals surface area contributed by atoms with E-state index in [0.717, 1.165) is 0 Å². The molecule has 0 bridgehead atoms. The molecule has 0 saturated heterocycles. The van der Waals surface area contributed by atoms with Gasteiger partial charge < -0.3 is 19.8 Å². The molecule has 0 atom stereocenters. The number of carboxylic acids is 1. The van der Waals surface area contributed by atoms with E-state index in [2.05, 4.69) is 0 Å². The first kappa shape index (κ1) is 47.0. The predicted molar refractivity (Wildman–Crippen MR) is 102 cm³/mol. The molecule has 0 aliphatic rings. The second-order valence-corrected chi connectivity index (χ2v) is 4.55. The van der Waals surface area contributed by atoms with Gasteiger partial charge in [-0.1, -0.05) is 18.2 Å². The summed E-state index contributed by atoms with van der Waals surface area (Å²) in [6.07, 6.45) is 0. The number of hydrogen-bond donors (Lipinski definition) is 6. The summed E-state index contributed by atoms with van der Waals surface area (Å²) in [5, 5.41) is 8.38. The topological polar surface area (TPSA) is 190 Å². The summed E-state index contributed by atoms with van der Waals surface area (Å²) in [6.45, 7) is 0. The van der Waals surface area contributed by atoms with E-state index in [1.165, 1.54) is 0 Å². The van der Waals surface area contributed by atoms with Crippen LogP contribution in [0.25, 0.3) is 0 Å². The van der Waals surface area contributed by atoms with Crippen molar-refractivity contribution in [3.8, 4) is 0 Å². The van der Waals surface area contributed by atoms with Crippen LogP contribution in [-0.2, 0) is 15.0 Å². The Kier molecular flexibility index (Phi) is 51.2. The van der Waals surface area contributed by atoms with Crippen LogP contribution >= 0.6 is 7.82 Å². The van der Waals surface area contributed by atoms with Gasteiger partial charge in [-0.3, -0.25) is 9.11 Å². The first-order valence-electron chi connectivity index (χ1n) is 4.07. The Hall–Kier alpha value is 5.09. The van der Waals surface area contributed by atoms with Gasteiger partial charge in [-0.05, 0) is 12.1 Å². The summed E-state index contributed by atoms with van der Waals surface area (Å²) in [5.41, 5.74) is 0.331. The molecule has 6 N–H and O–H groups in total. The Morgan fingerprint density at radius 3 is 1.25 bits per heavy atom. The van der Waals surface area contributed by atoms with Crippen molar-refractivity contribution < 1.29 is 46.7 Å². The van der Waals surface area contributed by atoms with Crippen molar-refractivity contribution in [3.05, 3.63) is 35.9 Å². The molecule has 0 heterocycles. The molecule has 1 aromatic rings. The van der Waals surface area contributed by atoms with Crippen LogP contribution in [-0.4, -0.2) is 237 Å². The molecule has 126 valence electrons. The van der Waals surface area contributed by atoms with Crippen LogP contribution in [0.4, 0.5) is 0 Å². The van der Waals surface area contributed by atoms with Gasteiger partial charge in [0.1, 0.15) is 0 Å². The maximum absolute atomic E-state index is 10.2. The molecule has 0 aliphatic heterocycles. The van der Waals surface area contributed by atoms with E-state index >= 15 is 0 Å². The number of aromatic carboxylic acids is 1. The van der Waals surface area contributed by atoms with Crippen molar-refractivity contribution in [1.29, 1.82) is 0 Å². The van der Waals surface area contributed by atoms with Crippen LogP contribution in [0.2, 0.25) is 0 Å². The monoisotopic (exact) mass is 508 g/mol. The molecular formula is C7H19Ca3KNaO10PS. The van der Waals surface area contributed by atoms with E-state index in [0.29, 0.717) is 5.56 Å². The average molecular weight is 509 g/mol. The van der Waals surface area contributed by atoms with E-state index < -0.39 is 24.2 Å².